The molecule has 1 aliphatic rings. The van der Waals surface area contributed by atoms with Crippen LogP contribution in [-0.4, -0.2) is 61.8 Å². The van der Waals surface area contributed by atoms with E-state index in [2.05, 4.69) is 56.9 Å². The van der Waals surface area contributed by atoms with Crippen molar-refractivity contribution in [2.45, 2.75) is 246 Å². The number of piperidine rings is 1. The molecule has 0 bridgehead atoms. The Morgan fingerprint density at radius 2 is 0.831 bits per heavy atom. The van der Waals surface area contributed by atoms with Crippen LogP contribution in [0, 0.1) is 11.8 Å². The summed E-state index contributed by atoms with van der Waals surface area (Å²) in [6.45, 7) is 13.2. The zero-order valence-corrected chi connectivity index (χ0v) is 39.3. The Bertz CT molecular complexity index is 966. The molecule has 0 unspecified atom stereocenters. The van der Waals surface area contributed by atoms with Gasteiger partial charge in [-0.3, -0.25) is 14.4 Å². The van der Waals surface area contributed by atoms with Crippen molar-refractivity contribution >= 4 is 17.9 Å². The Balaban J connectivity index is 2.16. The van der Waals surface area contributed by atoms with Gasteiger partial charge < -0.3 is 19.1 Å². The molecular weight excluding hydrogens is 735 g/mol. The van der Waals surface area contributed by atoms with Crippen LogP contribution in [-0.2, 0) is 28.6 Å². The molecule has 0 aliphatic carbocycles. The Morgan fingerprint density at radius 3 is 1.25 bits per heavy atom. The van der Waals surface area contributed by atoms with Crippen molar-refractivity contribution in [1.29, 1.82) is 0 Å². The lowest BCUT2D eigenvalue weighted by atomic mass is 10.0. The number of allylic oxidation sites excluding steroid dienone is 4. The summed E-state index contributed by atoms with van der Waals surface area (Å²) in [5.74, 6) is 0.931. The highest BCUT2D eigenvalue weighted by molar-refractivity contribution is 5.70. The molecule has 0 aromatic rings. The van der Waals surface area contributed by atoms with Crippen LogP contribution in [0.5, 0.6) is 0 Å². The first-order chi connectivity index (χ1) is 28.9. The number of likely N-dealkylation sites (tertiary alicyclic amines) is 1. The first kappa shape index (κ1) is 54.9. The quantitative estimate of drug-likeness (QED) is 0.0263. The van der Waals surface area contributed by atoms with Crippen molar-refractivity contribution < 1.29 is 28.6 Å². The molecule has 1 fully saturated rings. The number of carbonyl (C=O) groups is 3. The summed E-state index contributed by atoms with van der Waals surface area (Å²) < 4.78 is 17.0. The van der Waals surface area contributed by atoms with Crippen LogP contribution in [0.15, 0.2) is 24.3 Å². The third kappa shape index (κ3) is 35.2. The number of esters is 3. The minimum Gasteiger partial charge on any atom is -0.465 e. The second-order valence-electron chi connectivity index (χ2n) is 17.7. The molecule has 1 saturated heterocycles. The van der Waals surface area contributed by atoms with Gasteiger partial charge in [0.1, 0.15) is 6.10 Å². The van der Waals surface area contributed by atoms with Gasteiger partial charge in [-0.2, -0.15) is 0 Å². The number of nitrogens with zero attached hydrogens (tertiary/aromatic N) is 1. The van der Waals surface area contributed by atoms with Crippen molar-refractivity contribution in [3.63, 3.8) is 0 Å². The molecule has 1 aliphatic heterocycles. The van der Waals surface area contributed by atoms with Crippen LogP contribution in [0.1, 0.15) is 240 Å². The fraction of sp³-hybridized carbons (Fsp3) is 0.865. The zero-order chi connectivity index (χ0) is 42.9. The molecule has 0 atom stereocenters. The Labute approximate surface area is 365 Å². The number of unbranched alkanes of at least 4 members (excludes halogenated alkanes) is 16. The maximum atomic E-state index is 12.9. The van der Waals surface area contributed by atoms with Gasteiger partial charge in [0.2, 0.25) is 0 Å². The smallest absolute Gasteiger partial charge is 0.306 e. The zero-order valence-electron chi connectivity index (χ0n) is 39.3. The fourth-order valence-corrected chi connectivity index (χ4v) is 7.97. The second kappa shape index (κ2) is 41.2. The SMILES string of the molecule is CCC(CC)COC(=O)CCCCC=CCCCCCCCCC(CCCCCCCCC=CCCCCC(=O)OCC(CC)CC)OC(=O)CCCN1CCCCC1. The van der Waals surface area contributed by atoms with Gasteiger partial charge in [-0.25, -0.2) is 0 Å². The van der Waals surface area contributed by atoms with Gasteiger partial charge in [0.05, 0.1) is 13.2 Å². The van der Waals surface area contributed by atoms with Crippen molar-refractivity contribution in [3.8, 4) is 0 Å². The molecule has 0 aromatic carbocycles. The van der Waals surface area contributed by atoms with E-state index in [0.717, 1.165) is 116 Å². The standard InChI is InChI=1S/C52H95NO6/c1-5-47(6-2)45-57-50(54)39-32-27-23-19-15-11-9-13-17-21-25-30-37-49(59-52(56)41-36-44-53-42-34-29-35-43-53)38-31-26-22-18-14-10-12-16-20-24-28-33-40-51(55)58-46-48(7-3)8-4/h15-16,19-20,47-49H,5-14,17-18,21-46H2,1-4H3. The summed E-state index contributed by atoms with van der Waals surface area (Å²) in [5, 5.41) is 0. The van der Waals surface area contributed by atoms with E-state index in [0.29, 0.717) is 44.3 Å². The van der Waals surface area contributed by atoms with E-state index in [1.807, 2.05) is 0 Å². The van der Waals surface area contributed by atoms with Gasteiger partial charge in [0.25, 0.3) is 0 Å². The summed E-state index contributed by atoms with van der Waals surface area (Å²) in [4.78, 5) is 39.2. The average molecular weight is 830 g/mol. The highest BCUT2D eigenvalue weighted by atomic mass is 16.5. The lowest BCUT2D eigenvalue weighted by molar-refractivity contribution is -0.150. The molecule has 7 heteroatoms. The molecular formula is C52H95NO6. The number of hydrogen-bond donors (Lipinski definition) is 0. The lowest BCUT2D eigenvalue weighted by Crippen LogP contribution is -2.31. The molecule has 0 aromatic heterocycles. The Kier molecular flexibility index (Phi) is 38.3. The number of hydrogen-bond acceptors (Lipinski definition) is 7. The van der Waals surface area contributed by atoms with Crippen molar-refractivity contribution in [2.24, 2.45) is 11.8 Å². The van der Waals surface area contributed by atoms with Gasteiger partial charge >= 0.3 is 17.9 Å². The monoisotopic (exact) mass is 830 g/mol. The van der Waals surface area contributed by atoms with Gasteiger partial charge in [-0.15, -0.1) is 0 Å². The van der Waals surface area contributed by atoms with Crippen molar-refractivity contribution in [3.05, 3.63) is 24.3 Å². The molecule has 0 spiro atoms. The molecule has 1 rings (SSSR count). The van der Waals surface area contributed by atoms with E-state index < -0.39 is 0 Å². The minimum atomic E-state index is -0.0397. The predicted octanol–water partition coefficient (Wildman–Crippen LogP) is 14.6. The molecule has 344 valence electrons. The predicted molar refractivity (Wildman–Crippen MR) is 249 cm³/mol. The Hall–Kier alpha value is -2.15. The maximum absolute atomic E-state index is 12.9. The first-order valence-corrected chi connectivity index (χ1v) is 25.4. The highest BCUT2D eigenvalue weighted by Gasteiger charge is 2.16. The van der Waals surface area contributed by atoms with E-state index in [1.165, 1.54) is 96.6 Å². The molecule has 7 nitrogen and oxygen atoms in total. The van der Waals surface area contributed by atoms with Gasteiger partial charge in [0.15, 0.2) is 0 Å². The van der Waals surface area contributed by atoms with Crippen LogP contribution in [0.4, 0.5) is 0 Å². The van der Waals surface area contributed by atoms with Crippen LogP contribution in [0.2, 0.25) is 0 Å². The molecule has 59 heavy (non-hydrogen) atoms. The topological polar surface area (TPSA) is 82.1 Å². The van der Waals surface area contributed by atoms with Crippen LogP contribution in [0.25, 0.3) is 0 Å². The van der Waals surface area contributed by atoms with E-state index in [9.17, 15) is 14.4 Å². The molecule has 0 radical (unpaired) electrons. The lowest BCUT2D eigenvalue weighted by Gasteiger charge is -2.26. The maximum Gasteiger partial charge on any atom is 0.306 e. The summed E-state index contributed by atoms with van der Waals surface area (Å²) in [6, 6.07) is 0. The van der Waals surface area contributed by atoms with E-state index in [-0.39, 0.29) is 24.0 Å². The van der Waals surface area contributed by atoms with Crippen LogP contribution < -0.4 is 0 Å². The van der Waals surface area contributed by atoms with Gasteiger partial charge in [-0.05, 0) is 141 Å². The number of rotatable bonds is 41. The van der Waals surface area contributed by atoms with Crippen LogP contribution >= 0.6 is 0 Å². The normalized spacial score (nSPS) is 14.2. The fourth-order valence-electron chi connectivity index (χ4n) is 7.97. The molecule has 0 N–H and O–H groups in total. The highest BCUT2D eigenvalue weighted by Crippen LogP contribution is 2.19. The summed E-state index contributed by atoms with van der Waals surface area (Å²) in [5.41, 5.74) is 0. The first-order valence-electron chi connectivity index (χ1n) is 25.4. The second-order valence-corrected chi connectivity index (χ2v) is 17.7. The minimum absolute atomic E-state index is 0.0122. The molecule has 1 heterocycles. The van der Waals surface area contributed by atoms with Gasteiger partial charge in [0, 0.05) is 19.3 Å². The van der Waals surface area contributed by atoms with Crippen molar-refractivity contribution in [2.75, 3.05) is 32.8 Å². The van der Waals surface area contributed by atoms with E-state index >= 15 is 0 Å². The summed E-state index contributed by atoms with van der Waals surface area (Å²) >= 11 is 0. The van der Waals surface area contributed by atoms with E-state index in [4.69, 9.17) is 14.2 Å². The van der Waals surface area contributed by atoms with E-state index in [1.54, 1.807) is 0 Å². The summed E-state index contributed by atoms with van der Waals surface area (Å²) in [7, 11) is 0. The third-order valence-electron chi connectivity index (χ3n) is 12.5. The molecule has 0 saturated carbocycles. The molecule has 0 amide bonds. The third-order valence-corrected chi connectivity index (χ3v) is 12.5. The van der Waals surface area contributed by atoms with Crippen LogP contribution in [0.3, 0.4) is 0 Å². The Morgan fingerprint density at radius 1 is 0.458 bits per heavy atom. The largest absolute Gasteiger partial charge is 0.465 e. The number of carbonyl (C=O) groups excluding carboxylic acids is 3. The van der Waals surface area contributed by atoms with Crippen molar-refractivity contribution in [1.82, 2.24) is 4.90 Å². The number of ether oxygens (including phenoxy) is 3. The summed E-state index contributed by atoms with van der Waals surface area (Å²) in [6.07, 6.45) is 45.2. The van der Waals surface area contributed by atoms with Gasteiger partial charge in [-0.1, -0.05) is 135 Å². The average Bonchev–Trinajstić information content (AvgIpc) is 3.24.